The van der Waals surface area contributed by atoms with E-state index in [2.05, 4.69) is 5.32 Å². The Morgan fingerprint density at radius 1 is 1.10 bits per heavy atom. The predicted octanol–water partition coefficient (Wildman–Crippen LogP) is 1.44. The Labute approximate surface area is 119 Å². The smallest absolute Gasteiger partial charge is 0.255 e. The summed E-state index contributed by atoms with van der Waals surface area (Å²) >= 11 is 0. The molecule has 0 aromatic heterocycles. The van der Waals surface area contributed by atoms with Gasteiger partial charge in [-0.15, -0.1) is 0 Å². The van der Waals surface area contributed by atoms with Gasteiger partial charge in [0.15, 0.2) is 6.29 Å². The van der Waals surface area contributed by atoms with Crippen molar-refractivity contribution in [3.63, 3.8) is 0 Å². The Balaban J connectivity index is 2.90. The summed E-state index contributed by atoms with van der Waals surface area (Å²) in [5.41, 5.74) is 0.393. The highest BCUT2D eigenvalue weighted by Gasteiger charge is 2.21. The van der Waals surface area contributed by atoms with Gasteiger partial charge in [-0.3, -0.25) is 4.79 Å². The first-order chi connectivity index (χ1) is 9.57. The summed E-state index contributed by atoms with van der Waals surface area (Å²) in [7, 11) is 6.08. The lowest BCUT2D eigenvalue weighted by atomic mass is 10.1. The number of methoxy groups -OCH3 is 4. The molecule has 1 atom stereocenters. The second kappa shape index (κ2) is 7.72. The predicted molar refractivity (Wildman–Crippen MR) is 74.3 cm³/mol. The van der Waals surface area contributed by atoms with Crippen LogP contribution in [0.2, 0.25) is 0 Å². The Bertz CT molecular complexity index is 445. The van der Waals surface area contributed by atoms with Crippen LogP contribution < -0.4 is 14.8 Å². The van der Waals surface area contributed by atoms with E-state index < -0.39 is 6.29 Å². The third kappa shape index (κ3) is 3.85. The van der Waals surface area contributed by atoms with E-state index in [1.54, 1.807) is 25.1 Å². The lowest BCUT2D eigenvalue weighted by molar-refractivity contribution is -0.117. The lowest BCUT2D eigenvalue weighted by Gasteiger charge is -2.22. The van der Waals surface area contributed by atoms with Crippen LogP contribution >= 0.6 is 0 Å². The van der Waals surface area contributed by atoms with E-state index in [1.807, 2.05) is 0 Å². The van der Waals surface area contributed by atoms with E-state index in [1.165, 1.54) is 28.4 Å². The zero-order valence-electron chi connectivity index (χ0n) is 12.4. The molecule has 0 aliphatic carbocycles. The molecule has 0 spiro atoms. The first-order valence-electron chi connectivity index (χ1n) is 6.15. The number of ether oxygens (including phenoxy) is 4. The molecule has 112 valence electrons. The molecule has 0 saturated carbocycles. The van der Waals surface area contributed by atoms with Crippen LogP contribution in [0.3, 0.4) is 0 Å². The monoisotopic (exact) mass is 283 g/mol. The van der Waals surface area contributed by atoms with Crippen LogP contribution in [0.4, 0.5) is 0 Å². The molecule has 0 bridgehead atoms. The highest BCUT2D eigenvalue weighted by molar-refractivity contribution is 5.97. The van der Waals surface area contributed by atoms with Crippen molar-refractivity contribution in [2.24, 2.45) is 0 Å². The SMILES string of the molecule is COc1ccc(OC)c(C(=O)NC(C)C(OC)OC)c1. The molecule has 1 unspecified atom stereocenters. The first kappa shape index (κ1) is 16.3. The highest BCUT2D eigenvalue weighted by atomic mass is 16.7. The van der Waals surface area contributed by atoms with Crippen molar-refractivity contribution < 1.29 is 23.7 Å². The van der Waals surface area contributed by atoms with Gasteiger partial charge in [-0.05, 0) is 25.1 Å². The molecule has 6 heteroatoms. The maximum absolute atomic E-state index is 12.3. The number of hydrogen-bond donors (Lipinski definition) is 1. The zero-order chi connectivity index (χ0) is 15.1. The van der Waals surface area contributed by atoms with Crippen LogP contribution in [0.1, 0.15) is 17.3 Å². The quantitative estimate of drug-likeness (QED) is 0.767. The third-order valence-corrected chi connectivity index (χ3v) is 2.88. The fraction of sp³-hybridized carbons (Fsp3) is 0.500. The molecular formula is C14H21NO5. The van der Waals surface area contributed by atoms with Gasteiger partial charge in [0.25, 0.3) is 5.91 Å². The summed E-state index contributed by atoms with van der Waals surface area (Å²) in [5.74, 6) is 0.771. The van der Waals surface area contributed by atoms with Crippen molar-refractivity contribution in [2.75, 3.05) is 28.4 Å². The average Bonchev–Trinajstić information content (AvgIpc) is 2.47. The highest BCUT2D eigenvalue weighted by Crippen LogP contribution is 2.24. The number of amides is 1. The van der Waals surface area contributed by atoms with Gasteiger partial charge < -0.3 is 24.3 Å². The number of carbonyl (C=O) groups is 1. The third-order valence-electron chi connectivity index (χ3n) is 2.88. The topological polar surface area (TPSA) is 66.0 Å². The molecule has 1 rings (SSSR count). The molecular weight excluding hydrogens is 262 g/mol. The van der Waals surface area contributed by atoms with Gasteiger partial charge >= 0.3 is 0 Å². The molecule has 0 aliphatic rings. The second-order valence-corrected chi connectivity index (χ2v) is 4.17. The second-order valence-electron chi connectivity index (χ2n) is 4.17. The molecule has 1 amide bonds. The van der Waals surface area contributed by atoms with Crippen molar-refractivity contribution in [3.05, 3.63) is 23.8 Å². The summed E-state index contributed by atoms with van der Waals surface area (Å²) in [4.78, 5) is 12.3. The summed E-state index contributed by atoms with van der Waals surface area (Å²) < 4.78 is 20.5. The number of rotatable bonds is 7. The summed E-state index contributed by atoms with van der Waals surface area (Å²) in [6.45, 7) is 1.79. The van der Waals surface area contributed by atoms with Crippen molar-refractivity contribution in [2.45, 2.75) is 19.3 Å². The van der Waals surface area contributed by atoms with Crippen molar-refractivity contribution in [3.8, 4) is 11.5 Å². The fourth-order valence-corrected chi connectivity index (χ4v) is 1.85. The van der Waals surface area contributed by atoms with Gasteiger partial charge in [-0.25, -0.2) is 0 Å². The largest absolute Gasteiger partial charge is 0.497 e. The molecule has 1 N–H and O–H groups in total. The molecule has 0 aliphatic heterocycles. The van der Waals surface area contributed by atoms with Crippen LogP contribution in [0, 0.1) is 0 Å². The van der Waals surface area contributed by atoms with Crippen molar-refractivity contribution >= 4 is 5.91 Å². The van der Waals surface area contributed by atoms with E-state index in [-0.39, 0.29) is 11.9 Å². The van der Waals surface area contributed by atoms with Crippen molar-refractivity contribution in [1.29, 1.82) is 0 Å². The lowest BCUT2D eigenvalue weighted by Crippen LogP contribution is -2.43. The number of hydrogen-bond acceptors (Lipinski definition) is 5. The molecule has 0 fully saturated rings. The Morgan fingerprint density at radius 3 is 2.25 bits per heavy atom. The Kier molecular flexibility index (Phi) is 6.27. The van der Waals surface area contributed by atoms with Gasteiger partial charge in [0.2, 0.25) is 0 Å². The van der Waals surface area contributed by atoms with Crippen LogP contribution in [-0.4, -0.2) is 46.7 Å². The molecule has 0 radical (unpaired) electrons. The molecule has 0 heterocycles. The van der Waals surface area contributed by atoms with Crippen LogP contribution in [0.15, 0.2) is 18.2 Å². The molecule has 1 aromatic rings. The minimum atomic E-state index is -0.518. The normalized spacial score (nSPS) is 12.1. The van der Waals surface area contributed by atoms with Crippen molar-refractivity contribution in [1.82, 2.24) is 5.32 Å². The molecule has 20 heavy (non-hydrogen) atoms. The van der Waals surface area contributed by atoms with E-state index in [4.69, 9.17) is 18.9 Å². The fourth-order valence-electron chi connectivity index (χ4n) is 1.85. The maximum atomic E-state index is 12.3. The van der Waals surface area contributed by atoms with Gasteiger partial charge in [0, 0.05) is 14.2 Å². The minimum absolute atomic E-state index is 0.285. The standard InChI is InChI=1S/C14H21NO5/c1-9(14(19-4)20-5)15-13(16)11-8-10(17-2)6-7-12(11)18-3/h6-9,14H,1-5H3,(H,15,16). The summed E-state index contributed by atoms with van der Waals surface area (Å²) in [6, 6.07) is 4.72. The number of nitrogens with one attached hydrogen (secondary N) is 1. The van der Waals surface area contributed by atoms with E-state index in [0.717, 1.165) is 0 Å². The van der Waals surface area contributed by atoms with Gasteiger partial charge in [-0.1, -0.05) is 0 Å². The zero-order valence-corrected chi connectivity index (χ0v) is 12.4. The summed E-state index contributed by atoms with van der Waals surface area (Å²) in [5, 5.41) is 2.80. The van der Waals surface area contributed by atoms with Gasteiger partial charge in [0.05, 0.1) is 25.8 Å². The van der Waals surface area contributed by atoms with E-state index in [0.29, 0.717) is 17.1 Å². The van der Waals surface area contributed by atoms with E-state index >= 15 is 0 Å². The first-order valence-corrected chi connectivity index (χ1v) is 6.15. The minimum Gasteiger partial charge on any atom is -0.497 e. The molecule has 0 saturated heterocycles. The Morgan fingerprint density at radius 2 is 1.75 bits per heavy atom. The molecule has 1 aromatic carbocycles. The van der Waals surface area contributed by atoms with Gasteiger partial charge in [0.1, 0.15) is 11.5 Å². The maximum Gasteiger partial charge on any atom is 0.255 e. The Hall–Kier alpha value is -1.79. The van der Waals surface area contributed by atoms with Crippen LogP contribution in [0.5, 0.6) is 11.5 Å². The average molecular weight is 283 g/mol. The summed E-state index contributed by atoms with van der Waals surface area (Å²) in [6.07, 6.45) is -0.518. The van der Waals surface area contributed by atoms with Crippen LogP contribution in [-0.2, 0) is 9.47 Å². The van der Waals surface area contributed by atoms with Gasteiger partial charge in [-0.2, -0.15) is 0 Å². The number of carbonyl (C=O) groups excluding carboxylic acids is 1. The van der Waals surface area contributed by atoms with Crippen LogP contribution in [0.25, 0.3) is 0 Å². The number of benzene rings is 1. The molecule has 6 nitrogen and oxygen atoms in total. The van der Waals surface area contributed by atoms with E-state index in [9.17, 15) is 4.79 Å².